The van der Waals surface area contributed by atoms with Gasteiger partial charge in [-0.05, 0) is 103 Å². The molecule has 0 spiro atoms. The monoisotopic (exact) mass is 1140 g/mol. The molecule has 6 nitrogen and oxygen atoms in total. The Morgan fingerprint density at radius 2 is 0.476 bits per heavy atom. The highest BCUT2D eigenvalue weighted by atomic mass is 16.6. The molecule has 0 bridgehead atoms. The van der Waals surface area contributed by atoms with Gasteiger partial charge in [-0.2, -0.15) is 0 Å². The van der Waals surface area contributed by atoms with Gasteiger partial charge in [-0.1, -0.05) is 323 Å². The molecule has 0 heterocycles. The molecule has 0 aliphatic carbocycles. The quantitative estimate of drug-likeness (QED) is 0.0261. The Labute approximate surface area is 508 Å². The highest BCUT2D eigenvalue weighted by Gasteiger charge is 2.19. The average Bonchev–Trinajstić information content (AvgIpc) is 3.47. The van der Waals surface area contributed by atoms with Gasteiger partial charge in [-0.3, -0.25) is 14.4 Å². The lowest BCUT2D eigenvalue weighted by molar-refractivity contribution is -0.167. The molecule has 82 heavy (non-hydrogen) atoms. The van der Waals surface area contributed by atoms with Gasteiger partial charge in [-0.25, -0.2) is 0 Å². The molecule has 1 unspecified atom stereocenters. The van der Waals surface area contributed by atoms with Gasteiger partial charge >= 0.3 is 17.9 Å². The zero-order valence-electron chi connectivity index (χ0n) is 54.2. The normalized spacial score (nSPS) is 12.7. The van der Waals surface area contributed by atoms with Crippen molar-refractivity contribution in [2.45, 2.75) is 354 Å². The van der Waals surface area contributed by atoms with Crippen molar-refractivity contribution >= 4 is 17.9 Å². The molecule has 0 saturated heterocycles. The van der Waals surface area contributed by atoms with Gasteiger partial charge in [0, 0.05) is 19.3 Å². The zero-order chi connectivity index (χ0) is 59.2. The first-order chi connectivity index (χ1) is 40.5. The summed E-state index contributed by atoms with van der Waals surface area (Å²) in [5, 5.41) is 0. The van der Waals surface area contributed by atoms with E-state index in [4.69, 9.17) is 14.2 Å². The minimum absolute atomic E-state index is 0.0802. The van der Waals surface area contributed by atoms with Crippen molar-refractivity contribution in [2.24, 2.45) is 0 Å². The molecule has 0 aliphatic rings. The van der Waals surface area contributed by atoms with Crippen molar-refractivity contribution in [2.75, 3.05) is 13.2 Å². The number of carbonyl (C=O) groups excluding carboxylic acids is 3. The minimum Gasteiger partial charge on any atom is -0.462 e. The van der Waals surface area contributed by atoms with E-state index >= 15 is 0 Å². The molecule has 0 aliphatic heterocycles. The molecule has 0 rings (SSSR count). The second-order valence-electron chi connectivity index (χ2n) is 23.4. The van der Waals surface area contributed by atoms with Crippen molar-refractivity contribution in [3.8, 4) is 0 Å². The third-order valence-electron chi connectivity index (χ3n) is 15.3. The number of hydrogen-bond acceptors (Lipinski definition) is 6. The van der Waals surface area contributed by atoms with E-state index in [1.165, 1.54) is 193 Å². The minimum atomic E-state index is -0.785. The van der Waals surface area contributed by atoms with Crippen molar-refractivity contribution in [3.05, 3.63) is 97.2 Å². The Morgan fingerprint density at radius 3 is 0.744 bits per heavy atom. The van der Waals surface area contributed by atoms with E-state index in [0.29, 0.717) is 19.3 Å². The number of hydrogen-bond donors (Lipinski definition) is 0. The summed E-state index contributed by atoms with van der Waals surface area (Å²) in [5.41, 5.74) is 0. The van der Waals surface area contributed by atoms with Gasteiger partial charge in [0.1, 0.15) is 13.2 Å². The van der Waals surface area contributed by atoms with Crippen LogP contribution in [-0.2, 0) is 28.6 Å². The van der Waals surface area contributed by atoms with Gasteiger partial charge in [0.2, 0.25) is 0 Å². The topological polar surface area (TPSA) is 78.9 Å². The van der Waals surface area contributed by atoms with Gasteiger partial charge in [0.25, 0.3) is 0 Å². The first-order valence-corrected chi connectivity index (χ1v) is 35.2. The number of allylic oxidation sites excluding steroid dienone is 16. The van der Waals surface area contributed by atoms with E-state index in [0.717, 1.165) is 116 Å². The lowest BCUT2D eigenvalue weighted by atomic mass is 10.0. The highest BCUT2D eigenvalue weighted by molar-refractivity contribution is 5.71. The van der Waals surface area contributed by atoms with Crippen molar-refractivity contribution in [3.63, 3.8) is 0 Å². The van der Waals surface area contributed by atoms with Crippen molar-refractivity contribution < 1.29 is 28.6 Å². The van der Waals surface area contributed by atoms with Gasteiger partial charge < -0.3 is 14.2 Å². The molecule has 0 fully saturated rings. The van der Waals surface area contributed by atoms with E-state index in [1.807, 2.05) is 0 Å². The first kappa shape index (κ1) is 78.3. The first-order valence-electron chi connectivity index (χ1n) is 35.2. The van der Waals surface area contributed by atoms with Crippen LogP contribution in [0.25, 0.3) is 0 Å². The van der Waals surface area contributed by atoms with Crippen LogP contribution in [0.15, 0.2) is 97.2 Å². The summed E-state index contributed by atoms with van der Waals surface area (Å²) < 4.78 is 16.9. The second kappa shape index (κ2) is 69.8. The fraction of sp³-hybridized carbons (Fsp3) is 0.750. The Morgan fingerprint density at radius 1 is 0.256 bits per heavy atom. The highest BCUT2D eigenvalue weighted by Crippen LogP contribution is 2.17. The third kappa shape index (κ3) is 67.1. The number of rotatable bonds is 64. The summed E-state index contributed by atoms with van der Waals surface area (Å²) in [6, 6.07) is 0. The fourth-order valence-corrected chi connectivity index (χ4v) is 10.1. The molecule has 0 radical (unpaired) electrons. The van der Waals surface area contributed by atoms with E-state index in [9.17, 15) is 14.4 Å². The molecule has 0 saturated carbocycles. The summed E-state index contributed by atoms with van der Waals surface area (Å²) in [4.78, 5) is 38.3. The molecule has 0 aromatic rings. The Balaban J connectivity index is 4.21. The molecule has 1 atom stereocenters. The van der Waals surface area contributed by atoms with Crippen molar-refractivity contribution in [1.82, 2.24) is 0 Å². The van der Waals surface area contributed by atoms with Crippen LogP contribution >= 0.6 is 0 Å². The molecular weight excluding hydrogens is 1010 g/mol. The molecule has 0 aromatic carbocycles. The standard InChI is InChI=1S/C76H132O6/c1-4-7-10-13-16-19-22-24-26-28-30-32-34-36-37-38-39-41-42-44-46-48-50-52-54-57-60-63-66-69-75(78)81-72-73(71-80-74(77)68-65-62-59-56-21-18-15-12-9-6-3)82-76(79)70-67-64-61-58-55-53-51-49-47-45-43-40-35-33-31-29-27-25-23-20-17-14-11-8-5-2/h8,11,17,20,22,24-25,27-28,30-31,33,40,43,47,49,73H,4-7,9-10,12-16,18-19,21,23,26,29,32,34-39,41-42,44-46,48,50-72H2,1-3H3/b11-8-,20-17-,24-22-,27-25-,30-28-,33-31-,43-40-,49-47-. The molecule has 472 valence electrons. The van der Waals surface area contributed by atoms with E-state index in [-0.39, 0.29) is 31.1 Å². The van der Waals surface area contributed by atoms with Gasteiger partial charge in [-0.15, -0.1) is 0 Å². The van der Waals surface area contributed by atoms with Crippen LogP contribution < -0.4 is 0 Å². The van der Waals surface area contributed by atoms with Crippen LogP contribution in [-0.4, -0.2) is 37.2 Å². The number of unbranched alkanes of at least 4 members (excludes halogenated alkanes) is 37. The maximum absolute atomic E-state index is 12.9. The predicted octanol–water partition coefficient (Wildman–Crippen LogP) is 24.4. The summed E-state index contributed by atoms with van der Waals surface area (Å²) in [6.45, 7) is 6.53. The maximum Gasteiger partial charge on any atom is 0.306 e. The number of esters is 3. The van der Waals surface area contributed by atoms with Crippen LogP contribution in [0, 0.1) is 0 Å². The Bertz CT molecular complexity index is 1590. The molecule has 0 amide bonds. The van der Waals surface area contributed by atoms with Crippen LogP contribution in [0.4, 0.5) is 0 Å². The summed E-state index contributed by atoms with van der Waals surface area (Å²) in [6.07, 6.45) is 94.4. The Hall–Kier alpha value is -3.67. The van der Waals surface area contributed by atoms with Crippen molar-refractivity contribution in [1.29, 1.82) is 0 Å². The summed E-state index contributed by atoms with van der Waals surface area (Å²) in [7, 11) is 0. The lowest BCUT2D eigenvalue weighted by Crippen LogP contribution is -2.30. The summed E-state index contributed by atoms with van der Waals surface area (Å²) >= 11 is 0. The van der Waals surface area contributed by atoms with E-state index in [1.54, 1.807) is 0 Å². The Kier molecular flexibility index (Phi) is 66.7. The predicted molar refractivity (Wildman–Crippen MR) is 357 cm³/mol. The average molecular weight is 1140 g/mol. The maximum atomic E-state index is 12.9. The largest absolute Gasteiger partial charge is 0.462 e. The smallest absolute Gasteiger partial charge is 0.306 e. The molecule has 0 N–H and O–H groups in total. The number of carbonyl (C=O) groups is 3. The molecule has 0 aromatic heterocycles. The van der Waals surface area contributed by atoms with Crippen LogP contribution in [0.2, 0.25) is 0 Å². The second-order valence-corrected chi connectivity index (χ2v) is 23.4. The molecular formula is C76H132O6. The van der Waals surface area contributed by atoms with E-state index < -0.39 is 6.10 Å². The molecule has 6 heteroatoms. The fourth-order valence-electron chi connectivity index (χ4n) is 10.1. The SMILES string of the molecule is CC/C=C\C/C=C\C/C=C\C/C=C\C/C=C\C/C=C\CCCCCCCCC(=O)OC(COC(=O)CCCCCCCCCCCC)COC(=O)CCCCCCCCCCCCCCCCCCC/C=C\C/C=C\CCCCCCC. The zero-order valence-corrected chi connectivity index (χ0v) is 54.2. The lowest BCUT2D eigenvalue weighted by Gasteiger charge is -2.18. The van der Waals surface area contributed by atoms with Crippen LogP contribution in [0.1, 0.15) is 348 Å². The van der Waals surface area contributed by atoms with Crippen LogP contribution in [0.3, 0.4) is 0 Å². The van der Waals surface area contributed by atoms with E-state index in [2.05, 4.69) is 118 Å². The number of ether oxygens (including phenoxy) is 3. The third-order valence-corrected chi connectivity index (χ3v) is 15.3. The summed E-state index contributed by atoms with van der Waals surface area (Å²) in [5.74, 6) is -0.881. The van der Waals surface area contributed by atoms with Crippen LogP contribution in [0.5, 0.6) is 0 Å². The van der Waals surface area contributed by atoms with Gasteiger partial charge in [0.05, 0.1) is 0 Å². The van der Waals surface area contributed by atoms with Gasteiger partial charge in [0.15, 0.2) is 6.10 Å².